The van der Waals surface area contributed by atoms with Gasteiger partial charge in [0.15, 0.2) is 0 Å². The van der Waals surface area contributed by atoms with Crippen LogP contribution in [0, 0.1) is 6.92 Å². The second-order valence-corrected chi connectivity index (χ2v) is 5.17. The molecule has 17 heavy (non-hydrogen) atoms. The molecule has 1 amide bonds. The molecule has 1 rings (SSSR count). The molecule has 3 N–H and O–H groups in total. The lowest BCUT2D eigenvalue weighted by Crippen LogP contribution is -2.38. The standard InChI is InChI=1S/C13H19BrN2O/c1-4-9(3)16-12(13(15)17)10-6-5-8(2)11(14)7-10/h5-7,9,12,16H,4H2,1-3H3,(H2,15,17). The Morgan fingerprint density at radius 1 is 1.53 bits per heavy atom. The number of carbonyl (C=O) groups is 1. The summed E-state index contributed by atoms with van der Waals surface area (Å²) < 4.78 is 0.993. The first-order chi connectivity index (χ1) is 7.95. The van der Waals surface area contributed by atoms with E-state index in [9.17, 15) is 4.79 Å². The van der Waals surface area contributed by atoms with Crippen LogP contribution in [-0.4, -0.2) is 11.9 Å². The molecule has 2 unspecified atom stereocenters. The fourth-order valence-corrected chi connectivity index (χ4v) is 1.93. The van der Waals surface area contributed by atoms with Gasteiger partial charge in [0.05, 0.1) is 0 Å². The summed E-state index contributed by atoms with van der Waals surface area (Å²) in [5.74, 6) is -0.346. The summed E-state index contributed by atoms with van der Waals surface area (Å²) in [6.45, 7) is 6.12. The van der Waals surface area contributed by atoms with Gasteiger partial charge in [-0.15, -0.1) is 0 Å². The van der Waals surface area contributed by atoms with Crippen molar-refractivity contribution in [2.45, 2.75) is 39.3 Å². The van der Waals surface area contributed by atoms with E-state index in [4.69, 9.17) is 5.73 Å². The molecule has 2 atom stereocenters. The van der Waals surface area contributed by atoms with Gasteiger partial charge in [-0.3, -0.25) is 10.1 Å². The fourth-order valence-electron chi connectivity index (χ4n) is 1.53. The van der Waals surface area contributed by atoms with Crippen LogP contribution in [0.2, 0.25) is 0 Å². The highest BCUT2D eigenvalue weighted by molar-refractivity contribution is 9.10. The Labute approximate surface area is 111 Å². The minimum atomic E-state index is -0.429. The molecule has 0 saturated carbocycles. The third-order valence-corrected chi connectivity index (χ3v) is 3.73. The topological polar surface area (TPSA) is 55.1 Å². The van der Waals surface area contributed by atoms with Crippen LogP contribution >= 0.6 is 15.9 Å². The summed E-state index contributed by atoms with van der Waals surface area (Å²) >= 11 is 3.47. The lowest BCUT2D eigenvalue weighted by Gasteiger charge is -2.20. The molecule has 0 fully saturated rings. The van der Waals surface area contributed by atoms with Crippen molar-refractivity contribution in [1.82, 2.24) is 5.32 Å². The highest BCUT2D eigenvalue weighted by Crippen LogP contribution is 2.22. The van der Waals surface area contributed by atoms with Crippen molar-refractivity contribution in [3.63, 3.8) is 0 Å². The van der Waals surface area contributed by atoms with Crippen molar-refractivity contribution in [3.05, 3.63) is 33.8 Å². The molecular formula is C13H19BrN2O. The smallest absolute Gasteiger partial charge is 0.239 e. The summed E-state index contributed by atoms with van der Waals surface area (Å²) in [5.41, 5.74) is 7.48. The number of benzene rings is 1. The molecule has 0 spiro atoms. The number of amides is 1. The average molecular weight is 299 g/mol. The number of hydrogen-bond acceptors (Lipinski definition) is 2. The van der Waals surface area contributed by atoms with Gasteiger partial charge in [-0.05, 0) is 37.5 Å². The minimum Gasteiger partial charge on any atom is -0.368 e. The molecule has 0 aromatic heterocycles. The van der Waals surface area contributed by atoms with Gasteiger partial charge in [0.1, 0.15) is 6.04 Å². The van der Waals surface area contributed by atoms with Crippen LogP contribution < -0.4 is 11.1 Å². The Hall–Kier alpha value is -0.870. The van der Waals surface area contributed by atoms with E-state index in [1.165, 1.54) is 0 Å². The molecule has 1 aromatic carbocycles. The monoisotopic (exact) mass is 298 g/mol. The number of halogens is 1. The lowest BCUT2D eigenvalue weighted by atomic mass is 10.0. The van der Waals surface area contributed by atoms with E-state index < -0.39 is 6.04 Å². The first kappa shape index (κ1) is 14.2. The maximum absolute atomic E-state index is 11.5. The first-order valence-corrected chi connectivity index (χ1v) is 6.56. The maximum atomic E-state index is 11.5. The summed E-state index contributed by atoms with van der Waals surface area (Å²) in [6, 6.07) is 5.69. The normalized spacial score (nSPS) is 14.4. The predicted molar refractivity (Wildman–Crippen MR) is 73.7 cm³/mol. The van der Waals surface area contributed by atoms with E-state index in [1.807, 2.05) is 32.0 Å². The summed E-state index contributed by atoms with van der Waals surface area (Å²) in [7, 11) is 0. The molecule has 0 radical (unpaired) electrons. The van der Waals surface area contributed by atoms with Crippen LogP contribution in [0.3, 0.4) is 0 Å². The Morgan fingerprint density at radius 2 is 2.18 bits per heavy atom. The SMILES string of the molecule is CCC(C)NC(C(N)=O)c1ccc(C)c(Br)c1. The number of nitrogens with one attached hydrogen (secondary N) is 1. The summed E-state index contributed by atoms with van der Waals surface area (Å²) in [5, 5.41) is 3.23. The van der Waals surface area contributed by atoms with E-state index in [0.29, 0.717) is 0 Å². The molecule has 3 nitrogen and oxygen atoms in total. The van der Waals surface area contributed by atoms with Crippen molar-refractivity contribution in [1.29, 1.82) is 0 Å². The van der Waals surface area contributed by atoms with Crippen LogP contribution in [0.15, 0.2) is 22.7 Å². The quantitative estimate of drug-likeness (QED) is 0.878. The van der Waals surface area contributed by atoms with Gasteiger partial charge in [-0.25, -0.2) is 0 Å². The summed E-state index contributed by atoms with van der Waals surface area (Å²) in [6.07, 6.45) is 0.955. The fraction of sp³-hybridized carbons (Fsp3) is 0.462. The van der Waals surface area contributed by atoms with Crippen LogP contribution in [0.25, 0.3) is 0 Å². The van der Waals surface area contributed by atoms with Gasteiger partial charge in [0, 0.05) is 10.5 Å². The lowest BCUT2D eigenvalue weighted by molar-refractivity contribution is -0.120. The summed E-state index contributed by atoms with van der Waals surface area (Å²) in [4.78, 5) is 11.5. The van der Waals surface area contributed by atoms with Gasteiger partial charge in [-0.2, -0.15) is 0 Å². The molecular weight excluding hydrogens is 280 g/mol. The highest BCUT2D eigenvalue weighted by atomic mass is 79.9. The zero-order valence-electron chi connectivity index (χ0n) is 10.5. The average Bonchev–Trinajstić information content (AvgIpc) is 2.29. The Balaban J connectivity index is 2.97. The van der Waals surface area contributed by atoms with E-state index in [-0.39, 0.29) is 11.9 Å². The molecule has 0 aliphatic heterocycles. The van der Waals surface area contributed by atoms with Gasteiger partial charge >= 0.3 is 0 Å². The van der Waals surface area contributed by atoms with Gasteiger partial charge in [-0.1, -0.05) is 35.0 Å². The van der Waals surface area contributed by atoms with Gasteiger partial charge in [0.2, 0.25) is 5.91 Å². The van der Waals surface area contributed by atoms with Gasteiger partial charge in [0.25, 0.3) is 0 Å². The zero-order valence-corrected chi connectivity index (χ0v) is 12.0. The van der Waals surface area contributed by atoms with Crippen LogP contribution in [0.5, 0.6) is 0 Å². The van der Waals surface area contributed by atoms with E-state index in [1.54, 1.807) is 0 Å². The maximum Gasteiger partial charge on any atom is 0.239 e. The Morgan fingerprint density at radius 3 is 2.65 bits per heavy atom. The molecule has 0 aliphatic rings. The molecule has 4 heteroatoms. The Kier molecular flexibility index (Phi) is 5.15. The van der Waals surface area contributed by atoms with Crippen LogP contribution in [0.4, 0.5) is 0 Å². The third-order valence-electron chi connectivity index (χ3n) is 2.88. The van der Waals surface area contributed by atoms with Crippen molar-refractivity contribution >= 4 is 21.8 Å². The molecule has 0 bridgehead atoms. The highest BCUT2D eigenvalue weighted by Gasteiger charge is 2.19. The minimum absolute atomic E-state index is 0.257. The van der Waals surface area contributed by atoms with Gasteiger partial charge < -0.3 is 5.73 Å². The first-order valence-electron chi connectivity index (χ1n) is 5.77. The number of nitrogens with two attached hydrogens (primary N) is 1. The third kappa shape index (κ3) is 3.82. The van der Waals surface area contributed by atoms with Crippen LogP contribution in [0.1, 0.15) is 37.4 Å². The molecule has 0 aliphatic carbocycles. The van der Waals surface area contributed by atoms with E-state index >= 15 is 0 Å². The number of aryl methyl sites for hydroxylation is 1. The Bertz CT molecular complexity index is 406. The molecule has 1 aromatic rings. The number of primary amides is 1. The molecule has 0 heterocycles. The van der Waals surface area contributed by atoms with Crippen molar-refractivity contribution < 1.29 is 4.79 Å². The van der Waals surface area contributed by atoms with Crippen molar-refractivity contribution in [2.24, 2.45) is 5.73 Å². The molecule has 94 valence electrons. The number of carbonyl (C=O) groups excluding carboxylic acids is 1. The van der Waals surface area contributed by atoms with Crippen molar-refractivity contribution in [2.75, 3.05) is 0 Å². The second kappa shape index (κ2) is 6.17. The number of rotatable bonds is 5. The van der Waals surface area contributed by atoms with E-state index in [0.717, 1.165) is 22.0 Å². The molecule has 0 saturated heterocycles. The second-order valence-electron chi connectivity index (χ2n) is 4.32. The largest absolute Gasteiger partial charge is 0.368 e. The van der Waals surface area contributed by atoms with Crippen LogP contribution in [-0.2, 0) is 4.79 Å². The van der Waals surface area contributed by atoms with E-state index in [2.05, 4.69) is 28.2 Å². The predicted octanol–water partition coefficient (Wildman–Crippen LogP) is 2.67. The zero-order chi connectivity index (χ0) is 13.0. The van der Waals surface area contributed by atoms with Crippen molar-refractivity contribution in [3.8, 4) is 0 Å². The number of hydrogen-bond donors (Lipinski definition) is 2.